The van der Waals surface area contributed by atoms with Crippen molar-refractivity contribution in [3.63, 3.8) is 0 Å². The van der Waals surface area contributed by atoms with Gasteiger partial charge < -0.3 is 10.1 Å². The van der Waals surface area contributed by atoms with Crippen molar-refractivity contribution in [2.45, 2.75) is 0 Å². The zero-order valence-corrected chi connectivity index (χ0v) is 11.6. The van der Waals surface area contributed by atoms with E-state index >= 15 is 0 Å². The Hall–Kier alpha value is -3.14. The quantitative estimate of drug-likeness (QED) is 0.756. The number of nitrogens with zero attached hydrogens (tertiary/aromatic N) is 1. The smallest absolute Gasteiger partial charge is 0.278 e. The van der Waals surface area contributed by atoms with Crippen molar-refractivity contribution in [2.24, 2.45) is 4.99 Å². The van der Waals surface area contributed by atoms with Gasteiger partial charge in [-0.05, 0) is 24.3 Å². The van der Waals surface area contributed by atoms with Gasteiger partial charge in [0.2, 0.25) is 0 Å². The van der Waals surface area contributed by atoms with Gasteiger partial charge in [0.25, 0.3) is 5.91 Å². The lowest BCUT2D eigenvalue weighted by Crippen LogP contribution is -2.21. The monoisotopic (exact) mass is 288 g/mol. The molecule has 0 saturated carbocycles. The van der Waals surface area contributed by atoms with Gasteiger partial charge in [0.1, 0.15) is 0 Å². The van der Waals surface area contributed by atoms with Crippen LogP contribution >= 0.6 is 0 Å². The maximum Gasteiger partial charge on any atom is 0.278 e. The predicted octanol–water partition coefficient (Wildman–Crippen LogP) is 1.90. The summed E-state index contributed by atoms with van der Waals surface area (Å²) in [6, 6.07) is 15.0. The van der Waals surface area contributed by atoms with Crippen LogP contribution in [0, 0.1) is 0 Å². The lowest BCUT2D eigenvalue weighted by atomic mass is 10.1. The summed E-state index contributed by atoms with van der Waals surface area (Å²) in [6.07, 6.45) is 3.46. The second-order valence-corrected chi connectivity index (χ2v) is 5.11. The molecule has 106 valence electrons. The van der Waals surface area contributed by atoms with Crippen LogP contribution in [0.25, 0.3) is 22.6 Å². The van der Waals surface area contributed by atoms with Crippen molar-refractivity contribution in [2.75, 3.05) is 0 Å². The number of aromatic hydroxyl groups is 1. The number of carbonyl (C=O) groups is 1. The normalized spacial score (nSPS) is 13.8. The number of aromatic nitrogens is 1. The van der Waals surface area contributed by atoms with Gasteiger partial charge >= 0.3 is 0 Å². The van der Waals surface area contributed by atoms with Crippen molar-refractivity contribution < 1.29 is 9.90 Å². The lowest BCUT2D eigenvalue weighted by Gasteiger charge is -1.93. The van der Waals surface area contributed by atoms with Crippen LogP contribution in [0.15, 0.2) is 59.6 Å². The van der Waals surface area contributed by atoms with Crippen molar-refractivity contribution in [1.82, 2.24) is 4.98 Å². The second kappa shape index (κ2) is 4.70. The van der Waals surface area contributed by atoms with Crippen molar-refractivity contribution in [1.29, 1.82) is 0 Å². The van der Waals surface area contributed by atoms with Crippen molar-refractivity contribution in [3.8, 4) is 5.88 Å². The zero-order valence-electron chi connectivity index (χ0n) is 11.6. The average molecular weight is 288 g/mol. The van der Waals surface area contributed by atoms with E-state index in [1.165, 1.54) is 0 Å². The fraction of sp³-hybridized carbons (Fsp3) is 0. The third-order valence-corrected chi connectivity index (χ3v) is 3.79. The Balaban J connectivity index is 1.88. The number of amides is 1. The largest absolute Gasteiger partial charge is 0.494 e. The molecule has 0 unspecified atom stereocenters. The molecule has 4 heteroatoms. The first-order chi connectivity index (χ1) is 10.7. The summed E-state index contributed by atoms with van der Waals surface area (Å²) < 4.78 is 0. The molecule has 1 amide bonds. The van der Waals surface area contributed by atoms with Crippen LogP contribution in [-0.4, -0.2) is 16.0 Å². The fourth-order valence-electron chi connectivity index (χ4n) is 2.73. The molecule has 0 aliphatic carbocycles. The lowest BCUT2D eigenvalue weighted by molar-refractivity contribution is -0.112. The van der Waals surface area contributed by atoms with Crippen molar-refractivity contribution in [3.05, 3.63) is 70.7 Å². The summed E-state index contributed by atoms with van der Waals surface area (Å²) in [5.74, 6) is -0.162. The van der Waals surface area contributed by atoms with Crippen LogP contribution in [0.1, 0.15) is 5.56 Å². The van der Waals surface area contributed by atoms with E-state index in [-0.39, 0.29) is 11.8 Å². The third kappa shape index (κ3) is 1.85. The van der Waals surface area contributed by atoms with E-state index in [0.717, 1.165) is 16.1 Å². The predicted molar refractivity (Wildman–Crippen MR) is 84.6 cm³/mol. The van der Waals surface area contributed by atoms with Crippen LogP contribution in [0.3, 0.4) is 0 Å². The molecule has 3 aromatic rings. The molecule has 1 aromatic heterocycles. The highest BCUT2D eigenvalue weighted by Crippen LogP contribution is 2.28. The Kier molecular flexibility index (Phi) is 2.69. The number of para-hydroxylation sites is 2. The number of benzene rings is 2. The molecule has 1 aliphatic heterocycles. The van der Waals surface area contributed by atoms with Crippen LogP contribution in [0.5, 0.6) is 5.88 Å². The Morgan fingerprint density at radius 1 is 1.00 bits per heavy atom. The third-order valence-electron chi connectivity index (χ3n) is 3.79. The number of hydrogen-bond donors (Lipinski definition) is 2. The minimum Gasteiger partial charge on any atom is -0.494 e. The Morgan fingerprint density at radius 2 is 1.77 bits per heavy atom. The number of H-pyrrole nitrogens is 1. The fourth-order valence-corrected chi connectivity index (χ4v) is 2.73. The zero-order chi connectivity index (χ0) is 15.1. The summed E-state index contributed by atoms with van der Waals surface area (Å²) in [7, 11) is 0. The Bertz CT molecular complexity index is 1060. The molecule has 22 heavy (non-hydrogen) atoms. The summed E-state index contributed by atoms with van der Waals surface area (Å²) >= 11 is 0. The highest BCUT2D eigenvalue weighted by molar-refractivity contribution is 6.20. The molecule has 1 aliphatic rings. The van der Waals surface area contributed by atoms with Gasteiger partial charge in [-0.2, -0.15) is 0 Å². The standard InChI is InChI=1S/C18H12N2O2/c21-17-13(11-5-1-3-7-15(11)19-17)9-10-14-12-6-2-4-8-16(12)20-18(14)22/h1-10,19,21H/b10-9+. The van der Waals surface area contributed by atoms with E-state index < -0.39 is 0 Å². The molecular weight excluding hydrogens is 276 g/mol. The van der Waals surface area contributed by atoms with Crippen LogP contribution in [0.2, 0.25) is 0 Å². The van der Waals surface area contributed by atoms with E-state index in [1.54, 1.807) is 12.2 Å². The molecule has 0 bridgehead atoms. The van der Waals surface area contributed by atoms with E-state index in [4.69, 9.17) is 0 Å². The molecule has 4 rings (SSSR count). The number of carbonyl (C=O) groups excluding carboxylic acids is 1. The molecule has 0 atom stereocenters. The number of nitrogens with one attached hydrogen (secondary N) is 1. The topological polar surface area (TPSA) is 65.4 Å². The van der Waals surface area contributed by atoms with Gasteiger partial charge in [0, 0.05) is 21.7 Å². The minimum atomic E-state index is -0.253. The van der Waals surface area contributed by atoms with Gasteiger partial charge in [-0.25, -0.2) is 4.99 Å². The number of fused-ring (bicyclic) bond motifs is 2. The molecular formula is C18H12N2O2. The van der Waals surface area contributed by atoms with Crippen LogP contribution in [0.4, 0.5) is 0 Å². The number of hydrogen-bond acceptors (Lipinski definition) is 2. The SMILES string of the molecule is O=C1N=c2ccccc2=C1/C=C/c1c(O)[nH]c2ccccc12. The van der Waals surface area contributed by atoms with Gasteiger partial charge in [-0.1, -0.05) is 36.4 Å². The Labute approximate surface area is 125 Å². The highest BCUT2D eigenvalue weighted by atomic mass is 16.3. The molecule has 0 saturated heterocycles. The summed E-state index contributed by atoms with van der Waals surface area (Å²) in [5.41, 5.74) is 2.06. The van der Waals surface area contributed by atoms with E-state index in [1.807, 2.05) is 48.5 Å². The molecule has 2 aromatic carbocycles. The average Bonchev–Trinajstić information content (AvgIpc) is 3.01. The van der Waals surface area contributed by atoms with E-state index in [2.05, 4.69) is 9.98 Å². The molecule has 0 spiro atoms. The summed E-state index contributed by atoms with van der Waals surface area (Å²) in [6.45, 7) is 0. The first-order valence-corrected chi connectivity index (χ1v) is 6.94. The molecule has 0 radical (unpaired) electrons. The number of aromatic amines is 1. The minimum absolute atomic E-state index is 0.0914. The van der Waals surface area contributed by atoms with E-state index in [9.17, 15) is 9.90 Å². The first kappa shape index (κ1) is 12.6. The maximum atomic E-state index is 12.0. The molecule has 2 N–H and O–H groups in total. The van der Waals surface area contributed by atoms with Crippen LogP contribution in [-0.2, 0) is 4.79 Å². The maximum absolute atomic E-state index is 12.0. The highest BCUT2D eigenvalue weighted by Gasteiger charge is 2.14. The molecule has 0 fully saturated rings. The summed E-state index contributed by atoms with van der Waals surface area (Å²) in [5, 5.41) is 12.5. The first-order valence-electron chi connectivity index (χ1n) is 6.94. The van der Waals surface area contributed by atoms with E-state index in [0.29, 0.717) is 16.5 Å². The molecule has 2 heterocycles. The summed E-state index contributed by atoms with van der Waals surface area (Å²) in [4.78, 5) is 19.0. The second-order valence-electron chi connectivity index (χ2n) is 5.11. The van der Waals surface area contributed by atoms with Crippen molar-refractivity contribution >= 4 is 28.5 Å². The van der Waals surface area contributed by atoms with Gasteiger partial charge in [-0.15, -0.1) is 0 Å². The Morgan fingerprint density at radius 3 is 2.68 bits per heavy atom. The van der Waals surface area contributed by atoms with Gasteiger partial charge in [-0.3, -0.25) is 4.79 Å². The number of rotatable bonds is 2. The van der Waals surface area contributed by atoms with Gasteiger partial charge in [0.05, 0.1) is 10.9 Å². The van der Waals surface area contributed by atoms with Crippen LogP contribution < -0.4 is 10.6 Å². The molecule has 4 nitrogen and oxygen atoms in total. The van der Waals surface area contributed by atoms with Gasteiger partial charge in [0.15, 0.2) is 5.88 Å².